The van der Waals surface area contributed by atoms with Crippen LogP contribution in [0.15, 0.2) is 36.4 Å². The Bertz CT molecular complexity index is 704. The number of nitrogens with zero attached hydrogens (tertiary/aromatic N) is 1. The first-order chi connectivity index (χ1) is 11.1. The molecule has 1 atom stereocenters. The fraction of sp³-hybridized carbons (Fsp3) is 0.389. The number of halogens is 1. The number of benzene rings is 1. The molecule has 2 heterocycles. The van der Waals surface area contributed by atoms with Gasteiger partial charge < -0.3 is 15.4 Å². The van der Waals surface area contributed by atoms with Crippen molar-refractivity contribution in [3.63, 3.8) is 0 Å². The molecule has 2 N–H and O–H groups in total. The Morgan fingerprint density at radius 1 is 1.38 bits per heavy atom. The van der Waals surface area contributed by atoms with E-state index in [1.165, 1.54) is 11.3 Å². The maximum atomic E-state index is 12.9. The monoisotopic (exact) mass is 366 g/mol. The van der Waals surface area contributed by atoms with Crippen molar-refractivity contribution < 1.29 is 9.53 Å². The standard InChI is InChI=1S/C18H22N2O2S.ClH/c1-18(11-19)8-9-20(12-18)17(21)16-14(22-2)10-15(23-16)13-6-4-3-5-7-13;/h3-7,10H,8-9,11-12,19H2,1-2H3;1H. The number of hydrogen-bond acceptors (Lipinski definition) is 4. The number of hydrogen-bond donors (Lipinski definition) is 1. The molecule has 1 saturated heterocycles. The number of carbonyl (C=O) groups is 1. The largest absolute Gasteiger partial charge is 0.495 e. The second-order valence-corrected chi connectivity index (χ2v) is 7.42. The molecule has 1 amide bonds. The summed E-state index contributed by atoms with van der Waals surface area (Å²) in [5, 5.41) is 0. The van der Waals surface area contributed by atoms with Crippen molar-refractivity contribution in [2.75, 3.05) is 26.7 Å². The van der Waals surface area contributed by atoms with Crippen molar-refractivity contribution >= 4 is 29.7 Å². The lowest BCUT2D eigenvalue weighted by Crippen LogP contribution is -2.34. The smallest absolute Gasteiger partial charge is 0.267 e. The molecule has 1 aromatic carbocycles. The van der Waals surface area contributed by atoms with Crippen LogP contribution in [-0.2, 0) is 0 Å². The van der Waals surface area contributed by atoms with E-state index in [2.05, 4.69) is 6.92 Å². The van der Waals surface area contributed by atoms with E-state index < -0.39 is 0 Å². The van der Waals surface area contributed by atoms with Crippen molar-refractivity contribution in [1.29, 1.82) is 0 Å². The van der Waals surface area contributed by atoms with Gasteiger partial charge in [-0.05, 0) is 30.0 Å². The molecule has 0 aliphatic carbocycles. The highest BCUT2D eigenvalue weighted by Gasteiger charge is 2.36. The van der Waals surface area contributed by atoms with E-state index in [9.17, 15) is 4.79 Å². The number of thiophene rings is 1. The average Bonchev–Trinajstić information content (AvgIpc) is 3.19. The summed E-state index contributed by atoms with van der Waals surface area (Å²) in [6.07, 6.45) is 0.953. The number of rotatable bonds is 4. The van der Waals surface area contributed by atoms with Crippen molar-refractivity contribution in [2.24, 2.45) is 11.1 Å². The molecule has 4 nitrogen and oxygen atoms in total. The Kier molecular flexibility index (Phi) is 5.91. The molecule has 0 bridgehead atoms. The molecule has 130 valence electrons. The summed E-state index contributed by atoms with van der Waals surface area (Å²) in [5.74, 6) is 0.700. The maximum Gasteiger partial charge on any atom is 0.267 e. The normalized spacial score (nSPS) is 19.9. The quantitative estimate of drug-likeness (QED) is 0.898. The second kappa shape index (κ2) is 7.55. The predicted octanol–water partition coefficient (Wildman–Crippen LogP) is 3.66. The highest BCUT2D eigenvalue weighted by Crippen LogP contribution is 2.38. The highest BCUT2D eigenvalue weighted by atomic mass is 35.5. The van der Waals surface area contributed by atoms with E-state index in [1.54, 1.807) is 7.11 Å². The summed E-state index contributed by atoms with van der Waals surface area (Å²) >= 11 is 1.49. The first kappa shape index (κ1) is 18.8. The van der Waals surface area contributed by atoms with E-state index in [4.69, 9.17) is 10.5 Å². The van der Waals surface area contributed by atoms with Gasteiger partial charge in [0.15, 0.2) is 0 Å². The first-order valence-corrected chi connectivity index (χ1v) is 8.60. The fourth-order valence-electron chi connectivity index (χ4n) is 2.93. The molecular weight excluding hydrogens is 344 g/mol. The van der Waals surface area contributed by atoms with Crippen molar-refractivity contribution in [2.45, 2.75) is 13.3 Å². The van der Waals surface area contributed by atoms with Crippen molar-refractivity contribution in [3.8, 4) is 16.2 Å². The summed E-state index contributed by atoms with van der Waals surface area (Å²) in [4.78, 5) is 16.5. The van der Waals surface area contributed by atoms with Gasteiger partial charge in [0.05, 0.1) is 7.11 Å². The molecule has 0 spiro atoms. The van der Waals surface area contributed by atoms with Crippen LogP contribution in [0, 0.1) is 5.41 Å². The van der Waals surface area contributed by atoms with Gasteiger partial charge in [-0.1, -0.05) is 37.3 Å². The number of carbonyl (C=O) groups excluding carboxylic acids is 1. The third-order valence-electron chi connectivity index (χ3n) is 4.51. The summed E-state index contributed by atoms with van der Waals surface area (Å²) in [6, 6.07) is 12.0. The SMILES string of the molecule is COc1cc(-c2ccccc2)sc1C(=O)N1CCC(C)(CN)C1.Cl. The van der Waals surface area contributed by atoms with Gasteiger partial charge in [-0.25, -0.2) is 0 Å². The summed E-state index contributed by atoms with van der Waals surface area (Å²) < 4.78 is 5.44. The zero-order valence-electron chi connectivity index (χ0n) is 14.0. The van der Waals surface area contributed by atoms with Crippen LogP contribution in [0.25, 0.3) is 10.4 Å². The van der Waals surface area contributed by atoms with E-state index in [0.717, 1.165) is 23.4 Å². The zero-order valence-corrected chi connectivity index (χ0v) is 15.6. The number of amides is 1. The van der Waals surface area contributed by atoms with Crippen LogP contribution in [-0.4, -0.2) is 37.6 Å². The molecule has 0 radical (unpaired) electrons. The molecule has 1 aliphatic heterocycles. The minimum Gasteiger partial charge on any atom is -0.495 e. The Hall–Kier alpha value is -1.56. The summed E-state index contributed by atoms with van der Waals surface area (Å²) in [6.45, 7) is 4.22. The minimum absolute atomic E-state index is 0. The van der Waals surface area contributed by atoms with Crippen LogP contribution in [0.5, 0.6) is 5.75 Å². The number of nitrogens with two attached hydrogens (primary N) is 1. The lowest BCUT2D eigenvalue weighted by molar-refractivity contribution is 0.0778. The zero-order chi connectivity index (χ0) is 16.4. The lowest BCUT2D eigenvalue weighted by atomic mass is 9.90. The van der Waals surface area contributed by atoms with E-state index in [0.29, 0.717) is 23.7 Å². The van der Waals surface area contributed by atoms with Crippen LogP contribution in [0.1, 0.15) is 23.0 Å². The molecule has 1 fully saturated rings. The van der Waals surface area contributed by atoms with Gasteiger partial charge in [-0.3, -0.25) is 4.79 Å². The van der Waals surface area contributed by atoms with Crippen LogP contribution < -0.4 is 10.5 Å². The van der Waals surface area contributed by atoms with E-state index >= 15 is 0 Å². The third-order valence-corrected chi connectivity index (χ3v) is 5.66. The number of ether oxygens (including phenoxy) is 1. The lowest BCUT2D eigenvalue weighted by Gasteiger charge is -2.22. The van der Waals surface area contributed by atoms with Crippen molar-refractivity contribution in [1.82, 2.24) is 4.90 Å². The molecule has 1 aromatic heterocycles. The molecule has 2 aromatic rings. The van der Waals surface area contributed by atoms with Crippen LogP contribution in [0.3, 0.4) is 0 Å². The Morgan fingerprint density at radius 3 is 2.67 bits per heavy atom. The summed E-state index contributed by atoms with van der Waals surface area (Å²) in [5.41, 5.74) is 6.98. The maximum absolute atomic E-state index is 12.9. The molecule has 24 heavy (non-hydrogen) atoms. The molecule has 0 saturated carbocycles. The molecule has 1 aliphatic rings. The van der Waals surface area contributed by atoms with Gasteiger partial charge >= 0.3 is 0 Å². The van der Waals surface area contributed by atoms with Crippen LogP contribution in [0.2, 0.25) is 0 Å². The second-order valence-electron chi connectivity index (χ2n) is 6.37. The summed E-state index contributed by atoms with van der Waals surface area (Å²) in [7, 11) is 1.61. The number of likely N-dealkylation sites (tertiary alicyclic amines) is 1. The molecule has 6 heteroatoms. The highest BCUT2D eigenvalue weighted by molar-refractivity contribution is 7.17. The topological polar surface area (TPSA) is 55.6 Å². The Balaban J connectivity index is 0.00000208. The predicted molar refractivity (Wildman–Crippen MR) is 101 cm³/mol. The Morgan fingerprint density at radius 2 is 2.08 bits per heavy atom. The molecular formula is C18H23ClN2O2S. The molecule has 1 unspecified atom stereocenters. The minimum atomic E-state index is 0. The van der Waals surface area contributed by atoms with Gasteiger partial charge in [0.1, 0.15) is 10.6 Å². The third kappa shape index (κ3) is 3.58. The van der Waals surface area contributed by atoms with Crippen molar-refractivity contribution in [3.05, 3.63) is 41.3 Å². The number of methoxy groups -OCH3 is 1. The van der Waals surface area contributed by atoms with Gasteiger partial charge in [-0.15, -0.1) is 23.7 Å². The van der Waals surface area contributed by atoms with Gasteiger partial charge in [-0.2, -0.15) is 0 Å². The average molecular weight is 367 g/mol. The van der Waals surface area contributed by atoms with E-state index in [1.807, 2.05) is 41.3 Å². The van der Waals surface area contributed by atoms with Gasteiger partial charge in [0.25, 0.3) is 5.91 Å². The Labute approximate surface area is 153 Å². The van der Waals surface area contributed by atoms with Gasteiger partial charge in [0.2, 0.25) is 0 Å². The first-order valence-electron chi connectivity index (χ1n) is 7.79. The van der Waals surface area contributed by atoms with E-state index in [-0.39, 0.29) is 23.7 Å². The van der Waals surface area contributed by atoms with Gasteiger partial charge in [0, 0.05) is 18.0 Å². The van der Waals surface area contributed by atoms with Crippen LogP contribution >= 0.6 is 23.7 Å². The molecule has 3 rings (SSSR count). The van der Waals surface area contributed by atoms with Crippen LogP contribution in [0.4, 0.5) is 0 Å². The fourth-order valence-corrected chi connectivity index (χ4v) is 4.03.